The van der Waals surface area contributed by atoms with Gasteiger partial charge in [-0.25, -0.2) is 5.01 Å². The van der Waals surface area contributed by atoms with Crippen molar-refractivity contribution in [3.8, 4) is 5.75 Å². The van der Waals surface area contributed by atoms with E-state index in [1.807, 2.05) is 31.2 Å². The number of para-hydroxylation sites is 1. The first-order valence-electron chi connectivity index (χ1n) is 4.75. The van der Waals surface area contributed by atoms with E-state index in [1.54, 1.807) is 19.1 Å². The molecule has 0 aliphatic carbocycles. The van der Waals surface area contributed by atoms with Crippen LogP contribution in [0.2, 0.25) is 0 Å². The Kier molecular flexibility index (Phi) is 4.12. The van der Waals surface area contributed by atoms with Crippen LogP contribution in [-0.4, -0.2) is 31.6 Å². The van der Waals surface area contributed by atoms with Gasteiger partial charge in [0.2, 0.25) is 0 Å². The lowest BCUT2D eigenvalue weighted by Gasteiger charge is -2.13. The maximum Gasteiger partial charge on any atom is 0.272 e. The summed E-state index contributed by atoms with van der Waals surface area (Å²) in [6.07, 6.45) is 0. The molecule has 0 radical (unpaired) electrons. The summed E-state index contributed by atoms with van der Waals surface area (Å²) in [5, 5.41) is 1.59. The molecule has 0 aliphatic heterocycles. The molecule has 1 aromatic carbocycles. The van der Waals surface area contributed by atoms with Gasteiger partial charge >= 0.3 is 0 Å². The van der Waals surface area contributed by atoms with Crippen molar-refractivity contribution in [2.75, 3.05) is 20.7 Å². The van der Waals surface area contributed by atoms with Gasteiger partial charge in [-0.1, -0.05) is 18.2 Å². The van der Waals surface area contributed by atoms with Gasteiger partial charge in [-0.15, -0.1) is 0 Å². The Balaban J connectivity index is 2.44. The van der Waals surface area contributed by atoms with Crippen LogP contribution in [0, 0.1) is 6.92 Å². The van der Waals surface area contributed by atoms with Gasteiger partial charge < -0.3 is 4.74 Å². The summed E-state index contributed by atoms with van der Waals surface area (Å²) in [4.78, 5) is 11.3. The molecule has 0 saturated carbocycles. The quantitative estimate of drug-likeness (QED) is 0.749. The van der Waals surface area contributed by atoms with Crippen molar-refractivity contribution in [1.29, 1.82) is 0 Å². The van der Waals surface area contributed by atoms with Crippen LogP contribution in [0.15, 0.2) is 24.3 Å². The number of hydrogen-bond acceptors (Lipinski definition) is 3. The molecule has 15 heavy (non-hydrogen) atoms. The number of nitrogens with zero attached hydrogens (tertiary/aromatic N) is 1. The molecule has 0 spiro atoms. The van der Waals surface area contributed by atoms with Gasteiger partial charge in [0.05, 0.1) is 0 Å². The zero-order valence-corrected chi connectivity index (χ0v) is 9.28. The smallest absolute Gasteiger partial charge is 0.272 e. The predicted octanol–water partition coefficient (Wildman–Crippen LogP) is 0.967. The Morgan fingerprint density at radius 2 is 2.07 bits per heavy atom. The average Bonchev–Trinajstić information content (AvgIpc) is 2.15. The van der Waals surface area contributed by atoms with Gasteiger partial charge in [0.1, 0.15) is 5.75 Å². The van der Waals surface area contributed by atoms with Crippen molar-refractivity contribution >= 4 is 5.91 Å². The molecule has 0 heterocycles. The number of nitrogens with one attached hydrogen (secondary N) is 1. The molecular formula is C11H16N2O2. The topological polar surface area (TPSA) is 41.6 Å². The van der Waals surface area contributed by atoms with Crippen LogP contribution in [0.5, 0.6) is 5.75 Å². The van der Waals surface area contributed by atoms with Crippen LogP contribution in [0.3, 0.4) is 0 Å². The zero-order valence-electron chi connectivity index (χ0n) is 9.28. The molecule has 4 heteroatoms. The number of amides is 1. The summed E-state index contributed by atoms with van der Waals surface area (Å²) in [5.74, 6) is 0.578. The van der Waals surface area contributed by atoms with Gasteiger partial charge in [0, 0.05) is 14.1 Å². The first-order valence-corrected chi connectivity index (χ1v) is 4.75. The molecule has 1 aromatic rings. The number of benzene rings is 1. The summed E-state index contributed by atoms with van der Waals surface area (Å²) < 4.78 is 5.36. The first kappa shape index (κ1) is 11.5. The van der Waals surface area contributed by atoms with Crippen LogP contribution >= 0.6 is 0 Å². The predicted molar refractivity (Wildman–Crippen MR) is 58.5 cm³/mol. The van der Waals surface area contributed by atoms with Gasteiger partial charge in [-0.05, 0) is 18.6 Å². The highest BCUT2D eigenvalue weighted by Gasteiger charge is 2.04. The summed E-state index contributed by atoms with van der Waals surface area (Å²) in [7, 11) is 3.51. The van der Waals surface area contributed by atoms with Crippen molar-refractivity contribution in [1.82, 2.24) is 10.4 Å². The molecule has 0 saturated heterocycles. The second-order valence-electron chi connectivity index (χ2n) is 3.48. The van der Waals surface area contributed by atoms with E-state index < -0.39 is 0 Å². The molecule has 82 valence electrons. The fourth-order valence-electron chi connectivity index (χ4n) is 1.14. The zero-order chi connectivity index (χ0) is 11.3. The molecule has 4 nitrogen and oxygen atoms in total. The Labute approximate surface area is 89.8 Å². The largest absolute Gasteiger partial charge is 0.483 e. The fraction of sp³-hybridized carbons (Fsp3) is 0.364. The second-order valence-corrected chi connectivity index (χ2v) is 3.48. The first-order chi connectivity index (χ1) is 7.09. The van der Waals surface area contributed by atoms with Crippen LogP contribution in [0.1, 0.15) is 5.56 Å². The number of hydrogen-bond donors (Lipinski definition) is 1. The van der Waals surface area contributed by atoms with Gasteiger partial charge in [0.15, 0.2) is 6.61 Å². The normalized spacial score (nSPS) is 10.1. The molecule has 1 N–H and O–H groups in total. The van der Waals surface area contributed by atoms with Crippen molar-refractivity contribution in [3.63, 3.8) is 0 Å². The van der Waals surface area contributed by atoms with E-state index in [0.717, 1.165) is 11.3 Å². The summed E-state index contributed by atoms with van der Waals surface area (Å²) >= 11 is 0. The number of hydrazine groups is 1. The van der Waals surface area contributed by atoms with Crippen LogP contribution < -0.4 is 10.2 Å². The third kappa shape index (κ3) is 3.99. The molecule has 0 aliphatic rings. The molecule has 0 atom stereocenters. The highest BCUT2D eigenvalue weighted by atomic mass is 16.5. The molecule has 0 unspecified atom stereocenters. The van der Waals surface area contributed by atoms with E-state index in [2.05, 4.69) is 5.43 Å². The standard InChI is InChI=1S/C11H16N2O2/c1-9-6-4-5-7-10(9)15-8-11(14)12-13(2)3/h4-7H,8H2,1-3H3,(H,12,14). The number of ether oxygens (including phenoxy) is 1. The fourth-order valence-corrected chi connectivity index (χ4v) is 1.14. The van der Waals surface area contributed by atoms with Crippen molar-refractivity contribution < 1.29 is 9.53 Å². The minimum Gasteiger partial charge on any atom is -0.483 e. The monoisotopic (exact) mass is 208 g/mol. The summed E-state index contributed by atoms with van der Waals surface area (Å²) in [6, 6.07) is 7.60. The Morgan fingerprint density at radius 1 is 1.40 bits per heavy atom. The van der Waals surface area contributed by atoms with Gasteiger partial charge in [0.25, 0.3) is 5.91 Å². The van der Waals surface area contributed by atoms with Crippen LogP contribution in [0.25, 0.3) is 0 Å². The lowest BCUT2D eigenvalue weighted by molar-refractivity contribution is -0.126. The lowest BCUT2D eigenvalue weighted by Crippen LogP contribution is -2.39. The van der Waals surface area contributed by atoms with Crippen LogP contribution in [0.4, 0.5) is 0 Å². The number of carbonyl (C=O) groups is 1. The molecule has 0 fully saturated rings. The van der Waals surface area contributed by atoms with Gasteiger partial charge in [-0.3, -0.25) is 10.2 Å². The minimum atomic E-state index is -0.164. The lowest BCUT2D eigenvalue weighted by atomic mass is 10.2. The van der Waals surface area contributed by atoms with E-state index in [4.69, 9.17) is 4.74 Å². The van der Waals surface area contributed by atoms with Crippen LogP contribution in [-0.2, 0) is 4.79 Å². The number of carbonyl (C=O) groups excluding carboxylic acids is 1. The highest BCUT2D eigenvalue weighted by molar-refractivity contribution is 5.76. The molecule has 0 bridgehead atoms. The van der Waals surface area contributed by atoms with Crippen molar-refractivity contribution in [3.05, 3.63) is 29.8 Å². The third-order valence-corrected chi connectivity index (χ3v) is 1.80. The Bertz CT molecular complexity index is 337. The SMILES string of the molecule is Cc1ccccc1OCC(=O)NN(C)C. The van der Waals surface area contributed by atoms with E-state index in [9.17, 15) is 4.79 Å². The Hall–Kier alpha value is -1.55. The van der Waals surface area contributed by atoms with Crippen molar-refractivity contribution in [2.45, 2.75) is 6.92 Å². The molecule has 0 aromatic heterocycles. The van der Waals surface area contributed by atoms with E-state index in [1.165, 1.54) is 0 Å². The summed E-state index contributed by atoms with van der Waals surface area (Å²) in [6.45, 7) is 1.97. The molecule has 1 amide bonds. The van der Waals surface area contributed by atoms with E-state index in [0.29, 0.717) is 0 Å². The average molecular weight is 208 g/mol. The Morgan fingerprint density at radius 3 is 2.67 bits per heavy atom. The minimum absolute atomic E-state index is 0.0308. The van der Waals surface area contributed by atoms with Crippen molar-refractivity contribution in [2.24, 2.45) is 0 Å². The molecule has 1 rings (SSSR count). The second kappa shape index (κ2) is 5.36. The summed E-state index contributed by atoms with van der Waals surface area (Å²) in [5.41, 5.74) is 3.63. The van der Waals surface area contributed by atoms with Gasteiger partial charge in [-0.2, -0.15) is 0 Å². The third-order valence-electron chi connectivity index (χ3n) is 1.80. The molecular weight excluding hydrogens is 192 g/mol. The number of rotatable bonds is 4. The number of aryl methyl sites for hydroxylation is 1. The van der Waals surface area contributed by atoms with E-state index >= 15 is 0 Å². The maximum atomic E-state index is 11.3. The highest BCUT2D eigenvalue weighted by Crippen LogP contribution is 2.15. The maximum absolute atomic E-state index is 11.3. The van der Waals surface area contributed by atoms with E-state index in [-0.39, 0.29) is 12.5 Å².